The summed E-state index contributed by atoms with van der Waals surface area (Å²) >= 11 is 0. The summed E-state index contributed by atoms with van der Waals surface area (Å²) in [5.41, 5.74) is 6.80. The van der Waals surface area contributed by atoms with Crippen molar-refractivity contribution >= 4 is 0 Å². The lowest BCUT2D eigenvalue weighted by Gasteiger charge is -2.31. The molecule has 1 aliphatic rings. The highest BCUT2D eigenvalue weighted by Gasteiger charge is 2.21. The van der Waals surface area contributed by atoms with Crippen LogP contribution in [-0.2, 0) is 17.8 Å². The Morgan fingerprint density at radius 3 is 3.24 bits per heavy atom. The molecule has 17 heavy (non-hydrogen) atoms. The van der Waals surface area contributed by atoms with E-state index in [0.29, 0.717) is 12.5 Å². The van der Waals surface area contributed by atoms with Crippen molar-refractivity contribution in [3.63, 3.8) is 0 Å². The molecule has 1 aromatic rings. The van der Waals surface area contributed by atoms with Crippen LogP contribution < -0.4 is 5.73 Å². The first-order chi connectivity index (χ1) is 8.33. The third-order valence-electron chi connectivity index (χ3n) is 3.43. The van der Waals surface area contributed by atoms with Crippen molar-refractivity contribution in [1.82, 2.24) is 4.90 Å². The topological polar surface area (TPSA) is 51.6 Å². The van der Waals surface area contributed by atoms with E-state index < -0.39 is 0 Å². The molecule has 0 amide bonds. The molecule has 0 radical (unpaired) electrons. The molecule has 96 valence electrons. The maximum atomic E-state index is 5.68. The number of furan rings is 1. The van der Waals surface area contributed by atoms with Crippen molar-refractivity contribution in [1.29, 1.82) is 0 Å². The first-order valence-electron chi connectivity index (χ1n) is 6.30. The van der Waals surface area contributed by atoms with Crippen LogP contribution in [0.15, 0.2) is 16.7 Å². The van der Waals surface area contributed by atoms with Crippen molar-refractivity contribution in [2.75, 3.05) is 26.8 Å². The Kier molecular flexibility index (Phi) is 4.59. The number of rotatable bonds is 5. The van der Waals surface area contributed by atoms with Crippen molar-refractivity contribution in [3.8, 4) is 0 Å². The number of ether oxygens (including phenoxy) is 1. The summed E-state index contributed by atoms with van der Waals surface area (Å²) in [6.45, 7) is 4.53. The number of hydrogen-bond donors (Lipinski definition) is 1. The molecule has 2 N–H and O–H groups in total. The largest absolute Gasteiger partial charge is 0.468 e. The van der Waals surface area contributed by atoms with Gasteiger partial charge in [-0.25, -0.2) is 0 Å². The minimum Gasteiger partial charge on any atom is -0.468 e. The number of piperidine rings is 1. The van der Waals surface area contributed by atoms with Crippen molar-refractivity contribution in [2.45, 2.75) is 25.9 Å². The van der Waals surface area contributed by atoms with Gasteiger partial charge in [0, 0.05) is 25.8 Å². The van der Waals surface area contributed by atoms with Gasteiger partial charge in [-0.1, -0.05) is 0 Å². The van der Waals surface area contributed by atoms with Gasteiger partial charge in [-0.3, -0.25) is 4.90 Å². The van der Waals surface area contributed by atoms with Gasteiger partial charge in [0.2, 0.25) is 0 Å². The summed E-state index contributed by atoms with van der Waals surface area (Å²) in [4.78, 5) is 2.44. The highest BCUT2D eigenvalue weighted by molar-refractivity contribution is 5.16. The molecular weight excluding hydrogens is 216 g/mol. The first kappa shape index (κ1) is 12.6. The van der Waals surface area contributed by atoms with Gasteiger partial charge in [-0.2, -0.15) is 0 Å². The number of methoxy groups -OCH3 is 1. The highest BCUT2D eigenvalue weighted by Crippen LogP contribution is 2.20. The number of nitrogens with two attached hydrogens (primary N) is 1. The molecule has 1 aliphatic heterocycles. The van der Waals surface area contributed by atoms with Crippen LogP contribution in [0.4, 0.5) is 0 Å². The minimum absolute atomic E-state index is 0.557. The van der Waals surface area contributed by atoms with Gasteiger partial charge in [0.05, 0.1) is 19.4 Å². The molecule has 1 aromatic heterocycles. The average molecular weight is 238 g/mol. The summed E-state index contributed by atoms with van der Waals surface area (Å²) in [5, 5.41) is 0. The summed E-state index contributed by atoms with van der Waals surface area (Å²) < 4.78 is 10.7. The first-order valence-corrected chi connectivity index (χ1v) is 6.30. The Bertz CT molecular complexity index is 336. The molecule has 1 atom stereocenters. The standard InChI is InChI=1S/C13H22N2O2/c1-16-10-11-3-2-5-15(8-11)9-13-12(7-14)4-6-17-13/h4,6,11H,2-3,5,7-10,14H2,1H3. The number of nitrogens with zero attached hydrogens (tertiary/aromatic N) is 1. The molecule has 2 heterocycles. The van der Waals surface area contributed by atoms with E-state index >= 15 is 0 Å². The quantitative estimate of drug-likeness (QED) is 0.846. The molecule has 0 aromatic carbocycles. The van der Waals surface area contributed by atoms with E-state index in [0.717, 1.165) is 37.6 Å². The van der Waals surface area contributed by atoms with Crippen LogP contribution in [-0.4, -0.2) is 31.7 Å². The second kappa shape index (κ2) is 6.19. The Morgan fingerprint density at radius 1 is 1.59 bits per heavy atom. The van der Waals surface area contributed by atoms with Gasteiger partial charge in [-0.15, -0.1) is 0 Å². The normalized spacial score (nSPS) is 21.9. The fourth-order valence-electron chi connectivity index (χ4n) is 2.56. The molecule has 2 rings (SSSR count). The van der Waals surface area contributed by atoms with Gasteiger partial charge in [0.25, 0.3) is 0 Å². The Labute approximate surface area is 103 Å². The van der Waals surface area contributed by atoms with Crippen LogP contribution in [0, 0.1) is 5.92 Å². The second-order valence-corrected chi connectivity index (χ2v) is 4.77. The van der Waals surface area contributed by atoms with Crippen LogP contribution in [0.5, 0.6) is 0 Å². The molecule has 0 spiro atoms. The van der Waals surface area contributed by atoms with Gasteiger partial charge >= 0.3 is 0 Å². The van der Waals surface area contributed by atoms with E-state index in [1.54, 1.807) is 13.4 Å². The Morgan fingerprint density at radius 2 is 2.47 bits per heavy atom. The van der Waals surface area contributed by atoms with Gasteiger partial charge < -0.3 is 14.9 Å². The summed E-state index contributed by atoms with van der Waals surface area (Å²) in [6.07, 6.45) is 4.24. The Hall–Kier alpha value is -0.840. The molecule has 0 aliphatic carbocycles. The second-order valence-electron chi connectivity index (χ2n) is 4.77. The molecule has 1 saturated heterocycles. The van der Waals surface area contributed by atoms with Crippen molar-refractivity contribution in [3.05, 3.63) is 23.7 Å². The lowest BCUT2D eigenvalue weighted by molar-refractivity contribution is 0.0839. The van der Waals surface area contributed by atoms with Gasteiger partial charge in [0.1, 0.15) is 5.76 Å². The van der Waals surface area contributed by atoms with Crippen LogP contribution in [0.25, 0.3) is 0 Å². The predicted octanol–water partition coefficient (Wildman–Crippen LogP) is 1.60. The zero-order chi connectivity index (χ0) is 12.1. The fraction of sp³-hybridized carbons (Fsp3) is 0.692. The molecule has 4 nitrogen and oxygen atoms in total. The van der Waals surface area contributed by atoms with Crippen LogP contribution in [0.3, 0.4) is 0 Å². The number of hydrogen-bond acceptors (Lipinski definition) is 4. The van der Waals surface area contributed by atoms with E-state index in [1.807, 2.05) is 6.07 Å². The van der Waals surface area contributed by atoms with Gasteiger partial charge in [0.15, 0.2) is 0 Å². The third kappa shape index (κ3) is 3.31. The zero-order valence-corrected chi connectivity index (χ0v) is 10.5. The molecule has 0 saturated carbocycles. The summed E-state index contributed by atoms with van der Waals surface area (Å²) in [7, 11) is 1.78. The van der Waals surface area contributed by atoms with Crippen LogP contribution in [0.2, 0.25) is 0 Å². The van der Waals surface area contributed by atoms with Crippen molar-refractivity contribution < 1.29 is 9.15 Å². The minimum atomic E-state index is 0.557. The average Bonchev–Trinajstić information content (AvgIpc) is 2.77. The smallest absolute Gasteiger partial charge is 0.122 e. The summed E-state index contributed by atoms with van der Waals surface area (Å²) in [5.74, 6) is 1.68. The van der Waals surface area contributed by atoms with Crippen molar-refractivity contribution in [2.24, 2.45) is 11.7 Å². The third-order valence-corrected chi connectivity index (χ3v) is 3.43. The predicted molar refractivity (Wildman–Crippen MR) is 66.5 cm³/mol. The highest BCUT2D eigenvalue weighted by atomic mass is 16.5. The molecule has 1 unspecified atom stereocenters. The molecule has 1 fully saturated rings. The van der Waals surface area contributed by atoms with E-state index in [2.05, 4.69) is 4.90 Å². The zero-order valence-electron chi connectivity index (χ0n) is 10.5. The van der Waals surface area contributed by atoms with Gasteiger partial charge in [-0.05, 0) is 31.4 Å². The Balaban J connectivity index is 1.90. The SMILES string of the molecule is COCC1CCCN(Cc2occc2CN)C1. The van der Waals surface area contributed by atoms with Crippen LogP contribution >= 0.6 is 0 Å². The maximum Gasteiger partial charge on any atom is 0.122 e. The molecule has 4 heteroatoms. The lowest BCUT2D eigenvalue weighted by atomic mass is 9.99. The molecular formula is C13H22N2O2. The lowest BCUT2D eigenvalue weighted by Crippen LogP contribution is -2.36. The van der Waals surface area contributed by atoms with E-state index in [4.69, 9.17) is 14.9 Å². The van der Waals surface area contributed by atoms with E-state index in [-0.39, 0.29) is 0 Å². The van der Waals surface area contributed by atoms with E-state index in [1.165, 1.54) is 12.8 Å². The maximum absolute atomic E-state index is 5.68. The fourth-order valence-corrected chi connectivity index (χ4v) is 2.56. The monoisotopic (exact) mass is 238 g/mol. The molecule has 0 bridgehead atoms. The van der Waals surface area contributed by atoms with Crippen LogP contribution in [0.1, 0.15) is 24.2 Å². The number of likely N-dealkylation sites (tertiary alicyclic amines) is 1. The summed E-state index contributed by atoms with van der Waals surface area (Å²) in [6, 6.07) is 1.96. The van der Waals surface area contributed by atoms with E-state index in [9.17, 15) is 0 Å².